The van der Waals surface area contributed by atoms with Crippen LogP contribution in [0.5, 0.6) is 0 Å². The molecule has 20 heavy (non-hydrogen) atoms. The molecule has 0 aliphatic heterocycles. The van der Waals surface area contributed by atoms with Gasteiger partial charge in [0.05, 0.1) is 11.1 Å². The van der Waals surface area contributed by atoms with Crippen molar-refractivity contribution in [2.75, 3.05) is 0 Å². The summed E-state index contributed by atoms with van der Waals surface area (Å²) in [5.41, 5.74) is 0.304. The molecule has 1 heterocycles. The Morgan fingerprint density at radius 3 is 2.35 bits per heavy atom. The van der Waals surface area contributed by atoms with Crippen molar-refractivity contribution in [3.8, 4) is 0 Å². The fourth-order valence-corrected chi connectivity index (χ4v) is 2.14. The largest absolute Gasteiger partial charge is 0.288 e. The summed E-state index contributed by atoms with van der Waals surface area (Å²) in [5.74, 6) is -2.41. The number of hydrogen-bond acceptors (Lipinski definition) is 2. The molecule has 0 atom stereocenters. The number of hydrogen-bond donors (Lipinski definition) is 0. The second-order valence-corrected chi connectivity index (χ2v) is 4.30. The van der Waals surface area contributed by atoms with Crippen LogP contribution in [0, 0.1) is 11.6 Å². The highest BCUT2D eigenvalue weighted by molar-refractivity contribution is 6.16. The molecule has 0 fully saturated rings. The van der Waals surface area contributed by atoms with E-state index in [-0.39, 0.29) is 5.56 Å². The van der Waals surface area contributed by atoms with E-state index in [2.05, 4.69) is 4.98 Å². The normalized spacial score (nSPS) is 10.7. The number of fused-ring (bicyclic) bond motifs is 1. The summed E-state index contributed by atoms with van der Waals surface area (Å²) in [7, 11) is 0. The van der Waals surface area contributed by atoms with Crippen LogP contribution in [-0.4, -0.2) is 10.8 Å². The van der Waals surface area contributed by atoms with Crippen LogP contribution >= 0.6 is 0 Å². The molecule has 0 bridgehead atoms. The smallest absolute Gasteiger partial charge is 0.199 e. The minimum Gasteiger partial charge on any atom is -0.288 e. The monoisotopic (exact) mass is 269 g/mol. The quantitative estimate of drug-likeness (QED) is 0.663. The Hall–Kier alpha value is -2.62. The number of rotatable bonds is 2. The van der Waals surface area contributed by atoms with Crippen LogP contribution < -0.4 is 0 Å². The van der Waals surface area contributed by atoms with Crippen LogP contribution in [0.1, 0.15) is 15.9 Å². The van der Waals surface area contributed by atoms with E-state index >= 15 is 0 Å². The first-order valence-corrected chi connectivity index (χ1v) is 6.01. The van der Waals surface area contributed by atoms with Crippen molar-refractivity contribution in [1.82, 2.24) is 4.98 Å². The molecule has 3 rings (SSSR count). The lowest BCUT2D eigenvalue weighted by Crippen LogP contribution is -2.08. The van der Waals surface area contributed by atoms with E-state index in [1.54, 1.807) is 24.3 Å². The van der Waals surface area contributed by atoms with Gasteiger partial charge in [0.1, 0.15) is 11.6 Å². The summed E-state index contributed by atoms with van der Waals surface area (Å²) < 4.78 is 27.4. The predicted octanol–water partition coefficient (Wildman–Crippen LogP) is 3.74. The highest BCUT2D eigenvalue weighted by Crippen LogP contribution is 2.22. The minimum atomic E-state index is -0.865. The zero-order valence-corrected chi connectivity index (χ0v) is 10.3. The SMILES string of the molecule is O=C(c1c(F)cccc1F)c1ccnc2ccccc12. The molecular formula is C16H9F2NO. The summed E-state index contributed by atoms with van der Waals surface area (Å²) in [6.07, 6.45) is 1.45. The molecule has 0 saturated heterocycles. The minimum absolute atomic E-state index is 0.236. The maximum atomic E-state index is 13.7. The number of pyridine rings is 1. The topological polar surface area (TPSA) is 30.0 Å². The summed E-state index contributed by atoms with van der Waals surface area (Å²) in [4.78, 5) is 16.5. The van der Waals surface area contributed by atoms with Gasteiger partial charge >= 0.3 is 0 Å². The molecule has 0 radical (unpaired) electrons. The Morgan fingerprint density at radius 1 is 0.900 bits per heavy atom. The van der Waals surface area contributed by atoms with Crippen LogP contribution in [0.15, 0.2) is 54.7 Å². The van der Waals surface area contributed by atoms with E-state index in [1.807, 2.05) is 0 Å². The third-order valence-electron chi connectivity index (χ3n) is 3.08. The van der Waals surface area contributed by atoms with Crippen molar-refractivity contribution in [2.45, 2.75) is 0 Å². The van der Waals surface area contributed by atoms with Gasteiger partial charge in [-0.2, -0.15) is 0 Å². The van der Waals surface area contributed by atoms with Crippen LogP contribution in [0.4, 0.5) is 8.78 Å². The van der Waals surface area contributed by atoms with E-state index in [1.165, 1.54) is 18.3 Å². The fourth-order valence-electron chi connectivity index (χ4n) is 2.14. The van der Waals surface area contributed by atoms with Gasteiger partial charge in [-0.1, -0.05) is 24.3 Å². The number of carbonyl (C=O) groups excluding carboxylic acids is 1. The lowest BCUT2D eigenvalue weighted by Gasteiger charge is -2.07. The van der Waals surface area contributed by atoms with Gasteiger partial charge < -0.3 is 0 Å². The summed E-state index contributed by atoms with van der Waals surface area (Å²) in [6.45, 7) is 0. The lowest BCUT2D eigenvalue weighted by molar-refractivity contribution is 0.103. The maximum absolute atomic E-state index is 13.7. The molecule has 0 amide bonds. The van der Waals surface area contributed by atoms with Gasteiger partial charge in [-0.15, -0.1) is 0 Å². The Kier molecular flexibility index (Phi) is 2.99. The highest BCUT2D eigenvalue weighted by Gasteiger charge is 2.20. The first kappa shape index (κ1) is 12.4. The van der Waals surface area contributed by atoms with Gasteiger partial charge in [-0.3, -0.25) is 9.78 Å². The van der Waals surface area contributed by atoms with Gasteiger partial charge in [0.15, 0.2) is 5.78 Å². The number of carbonyl (C=O) groups is 1. The van der Waals surface area contributed by atoms with Crippen molar-refractivity contribution < 1.29 is 13.6 Å². The Morgan fingerprint density at radius 2 is 1.60 bits per heavy atom. The molecule has 1 aromatic heterocycles. The average molecular weight is 269 g/mol. The molecular weight excluding hydrogens is 260 g/mol. The van der Waals surface area contributed by atoms with Gasteiger partial charge in [0.2, 0.25) is 0 Å². The molecule has 0 aliphatic rings. The van der Waals surface area contributed by atoms with Crippen molar-refractivity contribution in [1.29, 1.82) is 0 Å². The van der Waals surface area contributed by atoms with E-state index in [0.717, 1.165) is 12.1 Å². The third kappa shape index (κ3) is 1.95. The van der Waals surface area contributed by atoms with Gasteiger partial charge in [0, 0.05) is 17.1 Å². The number of aromatic nitrogens is 1. The van der Waals surface area contributed by atoms with Crippen molar-refractivity contribution >= 4 is 16.7 Å². The lowest BCUT2D eigenvalue weighted by atomic mass is 9.99. The third-order valence-corrected chi connectivity index (χ3v) is 3.08. The molecule has 2 aromatic carbocycles. The van der Waals surface area contributed by atoms with Crippen LogP contribution in [0.2, 0.25) is 0 Å². The number of ketones is 1. The zero-order chi connectivity index (χ0) is 14.1. The van der Waals surface area contributed by atoms with Crippen molar-refractivity contribution in [3.63, 3.8) is 0 Å². The standard InChI is InChI=1S/C16H9F2NO/c17-12-5-3-6-13(18)15(12)16(20)11-8-9-19-14-7-2-1-4-10(11)14/h1-9H. The van der Waals surface area contributed by atoms with E-state index < -0.39 is 23.0 Å². The number of benzene rings is 2. The second-order valence-electron chi connectivity index (χ2n) is 4.30. The number of para-hydroxylation sites is 1. The number of nitrogens with zero attached hydrogens (tertiary/aromatic N) is 1. The average Bonchev–Trinajstić information content (AvgIpc) is 2.46. The molecule has 98 valence electrons. The number of halogens is 2. The molecule has 0 N–H and O–H groups in total. The highest BCUT2D eigenvalue weighted by atomic mass is 19.1. The first-order valence-electron chi connectivity index (χ1n) is 6.01. The van der Waals surface area contributed by atoms with Gasteiger partial charge in [-0.05, 0) is 24.3 Å². The molecule has 0 aliphatic carbocycles. The Bertz CT molecular complexity index is 789. The van der Waals surface area contributed by atoms with Crippen molar-refractivity contribution in [3.05, 3.63) is 77.5 Å². The molecule has 0 saturated carbocycles. The molecule has 3 aromatic rings. The zero-order valence-electron chi connectivity index (χ0n) is 10.3. The summed E-state index contributed by atoms with van der Waals surface area (Å²) in [6, 6.07) is 11.8. The molecule has 2 nitrogen and oxygen atoms in total. The van der Waals surface area contributed by atoms with E-state index in [9.17, 15) is 13.6 Å². The molecule has 4 heteroatoms. The first-order chi connectivity index (χ1) is 9.68. The Labute approximate surface area is 113 Å². The van der Waals surface area contributed by atoms with Crippen LogP contribution in [0.3, 0.4) is 0 Å². The fraction of sp³-hybridized carbons (Fsp3) is 0. The van der Waals surface area contributed by atoms with Crippen LogP contribution in [-0.2, 0) is 0 Å². The molecule has 0 spiro atoms. The van der Waals surface area contributed by atoms with Crippen LogP contribution in [0.25, 0.3) is 10.9 Å². The van der Waals surface area contributed by atoms with Gasteiger partial charge in [0.25, 0.3) is 0 Å². The summed E-state index contributed by atoms with van der Waals surface area (Å²) >= 11 is 0. The van der Waals surface area contributed by atoms with Crippen molar-refractivity contribution in [2.24, 2.45) is 0 Å². The maximum Gasteiger partial charge on any atom is 0.199 e. The van der Waals surface area contributed by atoms with E-state index in [0.29, 0.717) is 10.9 Å². The predicted molar refractivity (Wildman–Crippen MR) is 71.5 cm³/mol. The van der Waals surface area contributed by atoms with E-state index in [4.69, 9.17) is 0 Å². The Balaban J connectivity index is 2.24. The second kappa shape index (κ2) is 4.81. The molecule has 0 unspecified atom stereocenters. The van der Waals surface area contributed by atoms with Gasteiger partial charge in [-0.25, -0.2) is 8.78 Å². The summed E-state index contributed by atoms with van der Waals surface area (Å²) in [5, 5.41) is 0.572.